The van der Waals surface area contributed by atoms with Gasteiger partial charge in [0.05, 0.1) is 12.2 Å². The Balaban J connectivity index is 1.56. The summed E-state index contributed by atoms with van der Waals surface area (Å²) in [6, 6.07) is 15.3. The lowest BCUT2D eigenvalue weighted by molar-refractivity contribution is -0.121. The number of fused-ring (bicyclic) bond motifs is 5. The molecule has 1 aromatic heterocycles. The fourth-order valence-electron chi connectivity index (χ4n) is 4.77. The Morgan fingerprint density at radius 3 is 2.70 bits per heavy atom. The topological polar surface area (TPSA) is 90.3 Å². The second-order valence-corrected chi connectivity index (χ2v) is 7.83. The molecule has 7 nitrogen and oxygen atoms in total. The van der Waals surface area contributed by atoms with Crippen LogP contribution in [0.4, 0.5) is 11.4 Å². The molecule has 0 bridgehead atoms. The van der Waals surface area contributed by atoms with Gasteiger partial charge in [-0.3, -0.25) is 4.79 Å². The van der Waals surface area contributed by atoms with E-state index in [0.717, 1.165) is 28.3 Å². The number of hydrogen-bond donors (Lipinski definition) is 1. The van der Waals surface area contributed by atoms with Gasteiger partial charge in [-0.25, -0.2) is 4.99 Å². The highest BCUT2D eigenvalue weighted by Crippen LogP contribution is 2.55. The molecule has 1 spiro atoms. The van der Waals surface area contributed by atoms with Gasteiger partial charge in [-0.2, -0.15) is 0 Å². The highest BCUT2D eigenvalue weighted by molar-refractivity contribution is 6.14. The van der Waals surface area contributed by atoms with Gasteiger partial charge in [0.25, 0.3) is 0 Å². The second-order valence-electron chi connectivity index (χ2n) is 7.83. The van der Waals surface area contributed by atoms with Gasteiger partial charge in [-0.1, -0.05) is 18.2 Å². The van der Waals surface area contributed by atoms with Crippen LogP contribution in [0.1, 0.15) is 29.1 Å². The fraction of sp³-hybridized carbons (Fsp3) is 0.217. The van der Waals surface area contributed by atoms with Crippen molar-refractivity contribution in [3.05, 3.63) is 71.2 Å². The van der Waals surface area contributed by atoms with Crippen molar-refractivity contribution < 1.29 is 18.7 Å². The Morgan fingerprint density at radius 2 is 1.90 bits per heavy atom. The zero-order chi connectivity index (χ0) is 20.5. The van der Waals surface area contributed by atoms with Gasteiger partial charge >= 0.3 is 0 Å². The molecule has 3 aromatic rings. The summed E-state index contributed by atoms with van der Waals surface area (Å²) in [6.45, 7) is 2.39. The van der Waals surface area contributed by atoms with Crippen molar-refractivity contribution in [1.29, 1.82) is 0 Å². The molecule has 3 aliphatic heterocycles. The molecule has 6 rings (SSSR count). The molecule has 2 aromatic carbocycles. The summed E-state index contributed by atoms with van der Waals surface area (Å²) in [5.41, 5.74) is 8.50. The Hall–Kier alpha value is -3.74. The molecule has 0 saturated heterocycles. The molecule has 0 aliphatic carbocycles. The number of rotatable bonds is 2. The van der Waals surface area contributed by atoms with Gasteiger partial charge in [0.15, 0.2) is 11.5 Å². The van der Waals surface area contributed by atoms with Gasteiger partial charge in [-0.05, 0) is 36.8 Å². The standard InChI is InChI=1S/C23H19N3O4/c1-13-6-7-14(30-13)11-26-18-5-3-2-4-15(18)23(22(26)27)10-21(24)25-17-9-20-19(8-16(17)23)28-12-29-20/h2-9H,10-12H2,1H3,(H2,24,25). The molecule has 1 amide bonds. The number of carbonyl (C=O) groups excluding carboxylic acids is 1. The molecular weight excluding hydrogens is 382 g/mol. The van der Waals surface area contributed by atoms with Gasteiger partial charge in [0.2, 0.25) is 12.7 Å². The quantitative estimate of drug-likeness (QED) is 0.709. The highest BCUT2D eigenvalue weighted by Gasteiger charge is 2.55. The molecule has 0 fully saturated rings. The van der Waals surface area contributed by atoms with E-state index in [1.165, 1.54) is 0 Å². The van der Waals surface area contributed by atoms with Crippen LogP contribution in [0.15, 0.2) is 57.9 Å². The number of aryl methyl sites for hydroxylation is 1. The van der Waals surface area contributed by atoms with Crippen LogP contribution in [0.25, 0.3) is 0 Å². The Kier molecular flexibility index (Phi) is 3.36. The zero-order valence-corrected chi connectivity index (χ0v) is 16.3. The lowest BCUT2D eigenvalue weighted by atomic mass is 9.70. The minimum atomic E-state index is -0.958. The minimum Gasteiger partial charge on any atom is -0.464 e. The highest BCUT2D eigenvalue weighted by atomic mass is 16.7. The van der Waals surface area contributed by atoms with E-state index in [1.54, 1.807) is 11.0 Å². The van der Waals surface area contributed by atoms with Crippen LogP contribution in [0.5, 0.6) is 11.5 Å². The third-order valence-electron chi connectivity index (χ3n) is 6.04. The van der Waals surface area contributed by atoms with Crippen molar-refractivity contribution in [2.75, 3.05) is 11.7 Å². The molecular formula is C23H19N3O4. The summed E-state index contributed by atoms with van der Waals surface area (Å²) in [7, 11) is 0. The maximum absolute atomic E-state index is 14.1. The zero-order valence-electron chi connectivity index (χ0n) is 16.3. The van der Waals surface area contributed by atoms with Crippen LogP contribution in [0, 0.1) is 6.92 Å². The number of nitrogens with two attached hydrogens (primary N) is 1. The molecule has 4 heterocycles. The maximum Gasteiger partial charge on any atom is 0.243 e. The van der Waals surface area contributed by atoms with E-state index in [-0.39, 0.29) is 12.7 Å². The number of benzene rings is 2. The van der Waals surface area contributed by atoms with Gasteiger partial charge < -0.3 is 24.5 Å². The number of furan rings is 1. The predicted molar refractivity (Wildman–Crippen MR) is 110 cm³/mol. The van der Waals surface area contributed by atoms with Crippen molar-refractivity contribution in [3.63, 3.8) is 0 Å². The lowest BCUT2D eigenvalue weighted by Crippen LogP contribution is -2.45. The first-order valence-corrected chi connectivity index (χ1v) is 9.80. The Bertz CT molecular complexity index is 1240. The number of hydrogen-bond acceptors (Lipinski definition) is 6. The van der Waals surface area contributed by atoms with Crippen molar-refractivity contribution in [3.8, 4) is 11.5 Å². The van der Waals surface area contributed by atoms with Crippen LogP contribution in [-0.2, 0) is 16.8 Å². The van der Waals surface area contributed by atoms with E-state index in [2.05, 4.69) is 4.99 Å². The molecule has 1 atom stereocenters. The van der Waals surface area contributed by atoms with Gasteiger partial charge in [0, 0.05) is 23.7 Å². The molecule has 7 heteroatoms. The number of aliphatic imine (C=N–C) groups is 1. The van der Waals surface area contributed by atoms with E-state index in [4.69, 9.17) is 19.6 Å². The van der Waals surface area contributed by atoms with Crippen molar-refractivity contribution in [2.24, 2.45) is 10.7 Å². The summed E-state index contributed by atoms with van der Waals surface area (Å²) in [5, 5.41) is 0. The normalized spacial score (nSPS) is 21.0. The van der Waals surface area contributed by atoms with Crippen LogP contribution in [0.3, 0.4) is 0 Å². The van der Waals surface area contributed by atoms with Crippen LogP contribution >= 0.6 is 0 Å². The molecule has 2 N–H and O–H groups in total. The van der Waals surface area contributed by atoms with Crippen LogP contribution in [-0.4, -0.2) is 18.5 Å². The molecule has 0 radical (unpaired) electrons. The van der Waals surface area contributed by atoms with E-state index in [0.29, 0.717) is 36.0 Å². The summed E-state index contributed by atoms with van der Waals surface area (Å²) in [6.07, 6.45) is 0.309. The first-order valence-electron chi connectivity index (χ1n) is 9.80. The number of ether oxygens (including phenoxy) is 2. The Morgan fingerprint density at radius 1 is 1.10 bits per heavy atom. The summed E-state index contributed by atoms with van der Waals surface area (Å²) < 4.78 is 16.9. The number of para-hydroxylation sites is 1. The molecule has 1 unspecified atom stereocenters. The van der Waals surface area contributed by atoms with Crippen molar-refractivity contribution in [2.45, 2.75) is 25.3 Å². The first-order chi connectivity index (χ1) is 14.6. The third-order valence-corrected chi connectivity index (χ3v) is 6.04. The number of carbonyl (C=O) groups is 1. The molecule has 3 aliphatic rings. The number of amidine groups is 1. The van der Waals surface area contributed by atoms with Gasteiger partial charge in [0.1, 0.15) is 22.8 Å². The lowest BCUT2D eigenvalue weighted by Gasteiger charge is -2.33. The predicted octanol–water partition coefficient (Wildman–Crippen LogP) is 3.54. The van der Waals surface area contributed by atoms with E-state index in [1.807, 2.05) is 49.4 Å². The molecule has 0 saturated carbocycles. The SMILES string of the molecule is Cc1ccc(CN2C(=O)C3(CC(N)=Nc4cc5c(cc43)OCO5)c3ccccc32)o1. The summed E-state index contributed by atoms with van der Waals surface area (Å²) >= 11 is 0. The monoisotopic (exact) mass is 401 g/mol. The number of nitrogens with zero attached hydrogens (tertiary/aromatic N) is 2. The minimum absolute atomic E-state index is 0.0456. The first kappa shape index (κ1) is 17.1. The average Bonchev–Trinajstić information content (AvgIpc) is 3.42. The smallest absolute Gasteiger partial charge is 0.243 e. The fourth-order valence-corrected chi connectivity index (χ4v) is 4.77. The Labute approximate surface area is 172 Å². The maximum atomic E-state index is 14.1. The second kappa shape index (κ2) is 5.89. The van der Waals surface area contributed by atoms with Gasteiger partial charge in [-0.15, -0.1) is 0 Å². The van der Waals surface area contributed by atoms with Crippen molar-refractivity contribution in [1.82, 2.24) is 0 Å². The summed E-state index contributed by atoms with van der Waals surface area (Å²) in [5.74, 6) is 3.15. The summed E-state index contributed by atoms with van der Waals surface area (Å²) in [4.78, 5) is 20.4. The molecule has 150 valence electrons. The average molecular weight is 401 g/mol. The third kappa shape index (κ3) is 2.20. The van der Waals surface area contributed by atoms with E-state index >= 15 is 0 Å². The molecule has 30 heavy (non-hydrogen) atoms. The van der Waals surface area contributed by atoms with E-state index < -0.39 is 5.41 Å². The number of anilines is 1. The van der Waals surface area contributed by atoms with Crippen LogP contribution < -0.4 is 20.1 Å². The largest absolute Gasteiger partial charge is 0.464 e. The van der Waals surface area contributed by atoms with Crippen LogP contribution in [0.2, 0.25) is 0 Å². The van der Waals surface area contributed by atoms with E-state index in [9.17, 15) is 4.79 Å². The van der Waals surface area contributed by atoms with Crippen molar-refractivity contribution >= 4 is 23.1 Å². The number of amides is 1.